The smallest absolute Gasteiger partial charge is 0.339 e. The van der Waals surface area contributed by atoms with E-state index >= 15 is 0 Å². The van der Waals surface area contributed by atoms with E-state index < -0.39 is 20.2 Å². The SMILES string of the molecule is COc1cc(CCOS(=O)(=O)c2ccc(C)cc2)cc(OC)c1OS(=O)(=O)c1ccc(C)cc1. The lowest BCUT2D eigenvalue weighted by molar-refractivity contribution is 0.320. The second kappa shape index (κ2) is 10.5. The number of hydrogen-bond acceptors (Lipinski definition) is 8. The fraction of sp³-hybridized carbons (Fsp3) is 0.250. The van der Waals surface area contributed by atoms with Crippen molar-refractivity contribution in [1.82, 2.24) is 0 Å². The molecule has 3 aromatic rings. The van der Waals surface area contributed by atoms with E-state index in [2.05, 4.69) is 0 Å². The molecule has 3 rings (SSSR count). The summed E-state index contributed by atoms with van der Waals surface area (Å²) in [6.45, 7) is 3.57. The van der Waals surface area contributed by atoms with Crippen molar-refractivity contribution in [2.24, 2.45) is 0 Å². The van der Waals surface area contributed by atoms with Gasteiger partial charge in [-0.05, 0) is 62.2 Å². The highest BCUT2D eigenvalue weighted by atomic mass is 32.2. The van der Waals surface area contributed by atoms with Gasteiger partial charge in [-0.1, -0.05) is 35.4 Å². The Morgan fingerprint density at radius 1 is 0.676 bits per heavy atom. The first kappa shape index (κ1) is 25.5. The van der Waals surface area contributed by atoms with Crippen LogP contribution in [0.2, 0.25) is 0 Å². The lowest BCUT2D eigenvalue weighted by Crippen LogP contribution is -2.12. The summed E-state index contributed by atoms with van der Waals surface area (Å²) >= 11 is 0. The van der Waals surface area contributed by atoms with Crippen molar-refractivity contribution in [2.75, 3.05) is 20.8 Å². The average molecular weight is 507 g/mol. The highest BCUT2D eigenvalue weighted by molar-refractivity contribution is 7.87. The highest BCUT2D eigenvalue weighted by Crippen LogP contribution is 2.40. The molecule has 0 N–H and O–H groups in total. The minimum Gasteiger partial charge on any atom is -0.493 e. The molecule has 0 spiro atoms. The van der Waals surface area contributed by atoms with Gasteiger partial charge in [0.2, 0.25) is 5.75 Å². The minimum atomic E-state index is -4.14. The summed E-state index contributed by atoms with van der Waals surface area (Å²) in [5, 5.41) is 0. The van der Waals surface area contributed by atoms with Gasteiger partial charge >= 0.3 is 10.1 Å². The first-order chi connectivity index (χ1) is 16.1. The van der Waals surface area contributed by atoms with Gasteiger partial charge < -0.3 is 13.7 Å². The molecule has 182 valence electrons. The van der Waals surface area contributed by atoms with Gasteiger partial charge in [-0.25, -0.2) is 0 Å². The van der Waals surface area contributed by atoms with Crippen molar-refractivity contribution in [3.05, 3.63) is 77.4 Å². The number of hydrogen-bond donors (Lipinski definition) is 0. The number of aryl methyl sites for hydroxylation is 2. The molecule has 0 aliphatic heterocycles. The third kappa shape index (κ3) is 6.07. The minimum absolute atomic E-state index is 0.0130. The van der Waals surface area contributed by atoms with Crippen LogP contribution in [-0.4, -0.2) is 37.7 Å². The molecule has 0 aliphatic rings. The molecule has 0 unspecified atom stereocenters. The van der Waals surface area contributed by atoms with Crippen LogP contribution in [0.1, 0.15) is 16.7 Å². The summed E-state index contributed by atoms with van der Waals surface area (Å²) in [5.74, 6) is 0.125. The molecule has 3 aromatic carbocycles. The Balaban J connectivity index is 1.79. The van der Waals surface area contributed by atoms with Crippen molar-refractivity contribution in [2.45, 2.75) is 30.1 Å². The van der Waals surface area contributed by atoms with Crippen LogP contribution in [0, 0.1) is 13.8 Å². The fourth-order valence-electron chi connectivity index (χ4n) is 3.07. The Morgan fingerprint density at radius 2 is 1.12 bits per heavy atom. The van der Waals surface area contributed by atoms with E-state index in [0.717, 1.165) is 11.1 Å². The maximum Gasteiger partial charge on any atom is 0.339 e. The molecule has 10 heteroatoms. The second-order valence-corrected chi connectivity index (χ2v) is 10.7. The molecule has 0 aliphatic carbocycles. The predicted octanol–water partition coefficient (Wildman–Crippen LogP) is 4.04. The average Bonchev–Trinajstić information content (AvgIpc) is 2.80. The van der Waals surface area contributed by atoms with Crippen molar-refractivity contribution in [1.29, 1.82) is 0 Å². The first-order valence-electron chi connectivity index (χ1n) is 10.3. The normalized spacial score (nSPS) is 11.8. The molecule has 0 bridgehead atoms. The first-order valence-corrected chi connectivity index (χ1v) is 13.1. The molecule has 0 amide bonds. The second-order valence-electron chi connectivity index (χ2n) is 7.52. The lowest BCUT2D eigenvalue weighted by atomic mass is 10.1. The summed E-state index contributed by atoms with van der Waals surface area (Å²) < 4.78 is 71.4. The van der Waals surface area contributed by atoms with Gasteiger partial charge in [-0.15, -0.1) is 0 Å². The van der Waals surface area contributed by atoms with E-state index in [-0.39, 0.29) is 40.1 Å². The zero-order valence-corrected chi connectivity index (χ0v) is 20.9. The Hall–Kier alpha value is -3.08. The maximum atomic E-state index is 12.8. The maximum absolute atomic E-state index is 12.8. The van der Waals surface area contributed by atoms with Crippen LogP contribution in [0.5, 0.6) is 17.2 Å². The lowest BCUT2D eigenvalue weighted by Gasteiger charge is -2.16. The van der Waals surface area contributed by atoms with E-state index in [0.29, 0.717) is 5.56 Å². The molecule has 0 saturated carbocycles. The van der Waals surface area contributed by atoms with Gasteiger partial charge in [0.1, 0.15) is 4.90 Å². The Morgan fingerprint density at radius 3 is 1.56 bits per heavy atom. The number of ether oxygens (including phenoxy) is 2. The summed E-state index contributed by atoms with van der Waals surface area (Å²) in [7, 11) is -5.33. The van der Waals surface area contributed by atoms with Gasteiger partial charge in [-0.3, -0.25) is 4.18 Å². The van der Waals surface area contributed by atoms with E-state index in [1.54, 1.807) is 36.4 Å². The molecular weight excluding hydrogens is 480 g/mol. The van der Waals surface area contributed by atoms with Crippen LogP contribution in [0.15, 0.2) is 70.5 Å². The van der Waals surface area contributed by atoms with Crippen LogP contribution < -0.4 is 13.7 Å². The van der Waals surface area contributed by atoms with Crippen molar-refractivity contribution >= 4 is 20.2 Å². The topological polar surface area (TPSA) is 105 Å². The number of rotatable bonds is 10. The molecule has 0 saturated heterocycles. The van der Waals surface area contributed by atoms with Crippen LogP contribution in [-0.2, 0) is 30.8 Å². The fourth-order valence-corrected chi connectivity index (χ4v) is 4.92. The Bertz CT molecular complexity index is 1320. The van der Waals surface area contributed by atoms with Gasteiger partial charge in [0.25, 0.3) is 10.1 Å². The standard InChI is InChI=1S/C24H26O8S2/c1-17-5-9-20(10-6-17)33(25,26)31-14-13-19-15-22(29-3)24(23(16-19)30-4)32-34(27,28)21-11-7-18(2)8-12-21/h5-12,15-16H,13-14H2,1-4H3. The zero-order chi connectivity index (χ0) is 24.9. The molecule has 0 radical (unpaired) electrons. The molecule has 0 fully saturated rings. The van der Waals surface area contributed by atoms with Crippen LogP contribution in [0.4, 0.5) is 0 Å². The van der Waals surface area contributed by atoms with Gasteiger partial charge in [0, 0.05) is 0 Å². The molecule has 0 atom stereocenters. The van der Waals surface area contributed by atoms with E-state index in [4.69, 9.17) is 17.8 Å². The van der Waals surface area contributed by atoms with Gasteiger partial charge in [0.15, 0.2) is 11.5 Å². The van der Waals surface area contributed by atoms with Crippen molar-refractivity contribution < 1.29 is 34.7 Å². The third-order valence-electron chi connectivity index (χ3n) is 4.96. The van der Waals surface area contributed by atoms with E-state index in [1.807, 2.05) is 13.8 Å². The molecule has 0 heterocycles. The van der Waals surface area contributed by atoms with E-state index in [9.17, 15) is 16.8 Å². The largest absolute Gasteiger partial charge is 0.493 e. The van der Waals surface area contributed by atoms with Gasteiger partial charge in [-0.2, -0.15) is 16.8 Å². The summed E-state index contributed by atoms with van der Waals surface area (Å²) in [4.78, 5) is 0.0549. The van der Waals surface area contributed by atoms with Gasteiger partial charge in [0.05, 0.1) is 25.7 Å². The summed E-state index contributed by atoms with van der Waals surface area (Å²) in [6.07, 6.45) is 0.197. The zero-order valence-electron chi connectivity index (χ0n) is 19.3. The highest BCUT2D eigenvalue weighted by Gasteiger charge is 2.24. The summed E-state index contributed by atoms with van der Waals surface area (Å²) in [5.41, 5.74) is 2.45. The number of benzene rings is 3. The summed E-state index contributed by atoms with van der Waals surface area (Å²) in [6, 6.07) is 15.7. The van der Waals surface area contributed by atoms with Crippen LogP contribution in [0.3, 0.4) is 0 Å². The molecule has 34 heavy (non-hydrogen) atoms. The number of methoxy groups -OCH3 is 2. The van der Waals surface area contributed by atoms with E-state index in [1.165, 1.54) is 38.5 Å². The molecular formula is C24H26O8S2. The van der Waals surface area contributed by atoms with Crippen LogP contribution >= 0.6 is 0 Å². The Kier molecular flexibility index (Phi) is 7.86. The predicted molar refractivity (Wildman–Crippen MR) is 127 cm³/mol. The monoisotopic (exact) mass is 506 g/mol. The Labute approximate surface area is 200 Å². The van der Waals surface area contributed by atoms with Crippen molar-refractivity contribution in [3.63, 3.8) is 0 Å². The van der Waals surface area contributed by atoms with Crippen molar-refractivity contribution in [3.8, 4) is 17.2 Å². The quantitative estimate of drug-likeness (QED) is 0.380. The molecule has 0 aromatic heterocycles. The molecule has 8 nitrogen and oxygen atoms in total. The van der Waals surface area contributed by atoms with Crippen LogP contribution in [0.25, 0.3) is 0 Å². The third-order valence-corrected chi connectivity index (χ3v) is 7.52.